The average molecular weight is 346 g/mol. The molecule has 1 rings (SSSR count). The van der Waals surface area contributed by atoms with Crippen LogP contribution in [0.25, 0.3) is 0 Å². The van der Waals surface area contributed by atoms with E-state index in [0.29, 0.717) is 13.0 Å². The van der Waals surface area contributed by atoms with Crippen LogP contribution in [0, 0.1) is 0 Å². The first kappa shape index (κ1) is 20.0. The normalized spacial score (nSPS) is 17.1. The van der Waals surface area contributed by atoms with Gasteiger partial charge < -0.3 is 10.6 Å². The number of rotatable bonds is 7. The van der Waals surface area contributed by atoms with Crippen LogP contribution in [0.1, 0.15) is 19.3 Å². The zero-order valence-electron chi connectivity index (χ0n) is 11.9. The molecule has 0 spiro atoms. The first-order valence-corrected chi connectivity index (χ1v) is 9.36. The Kier molecular flexibility index (Phi) is 9.08. The number of hydrogen-bond donors (Lipinski definition) is 1. The number of nitrogens with zero attached hydrogens (tertiary/aromatic N) is 2. The molecule has 20 heavy (non-hydrogen) atoms. The summed E-state index contributed by atoms with van der Waals surface area (Å²) in [6, 6.07) is -0.456. The number of sulfonamides is 1. The van der Waals surface area contributed by atoms with Crippen molar-refractivity contribution in [3.05, 3.63) is 0 Å². The van der Waals surface area contributed by atoms with Crippen LogP contribution in [0.3, 0.4) is 0 Å². The van der Waals surface area contributed by atoms with E-state index in [4.69, 9.17) is 5.73 Å². The van der Waals surface area contributed by atoms with Gasteiger partial charge in [-0.15, -0.1) is 24.2 Å². The zero-order valence-corrected chi connectivity index (χ0v) is 14.4. The molecule has 0 bridgehead atoms. The van der Waals surface area contributed by atoms with E-state index in [0.717, 1.165) is 31.0 Å². The maximum atomic E-state index is 11.9. The predicted molar refractivity (Wildman–Crippen MR) is 85.6 cm³/mol. The lowest BCUT2D eigenvalue weighted by atomic mass is 10.1. The van der Waals surface area contributed by atoms with Crippen LogP contribution in [0.5, 0.6) is 0 Å². The zero-order chi connectivity index (χ0) is 14.5. The Morgan fingerprint density at radius 3 is 2.60 bits per heavy atom. The van der Waals surface area contributed by atoms with Gasteiger partial charge in [0.15, 0.2) is 0 Å². The van der Waals surface area contributed by atoms with E-state index in [-0.39, 0.29) is 18.3 Å². The van der Waals surface area contributed by atoms with Gasteiger partial charge in [0, 0.05) is 25.9 Å². The van der Waals surface area contributed by atoms with Crippen molar-refractivity contribution in [2.24, 2.45) is 5.73 Å². The van der Waals surface area contributed by atoms with Gasteiger partial charge in [-0.05, 0) is 12.8 Å². The predicted octanol–water partition coefficient (Wildman–Crippen LogP) is 0.330. The van der Waals surface area contributed by atoms with Gasteiger partial charge in [0.1, 0.15) is 0 Å². The summed E-state index contributed by atoms with van der Waals surface area (Å²) < 4.78 is 23.7. The van der Waals surface area contributed by atoms with Gasteiger partial charge in [-0.25, -0.2) is 12.7 Å². The van der Waals surface area contributed by atoms with E-state index in [1.54, 1.807) is 23.7 Å². The van der Waals surface area contributed by atoms with Crippen molar-refractivity contribution in [1.82, 2.24) is 9.21 Å². The summed E-state index contributed by atoms with van der Waals surface area (Å²) in [5.74, 6) is 1.74. The molecular formula is C11H24ClN3O3S2. The number of unbranched alkanes of at least 4 members (excludes halogenated alkanes) is 1. The second-order valence-corrected chi connectivity index (χ2v) is 7.99. The summed E-state index contributed by atoms with van der Waals surface area (Å²) in [4.78, 5) is 13.7. The molecule has 1 aliphatic heterocycles. The minimum absolute atomic E-state index is 0. The quantitative estimate of drug-likeness (QED) is 0.672. The Morgan fingerprint density at radius 1 is 1.45 bits per heavy atom. The molecule has 1 saturated heterocycles. The Hall–Kier alpha value is -0.0200. The van der Waals surface area contributed by atoms with E-state index < -0.39 is 16.1 Å². The number of thioether (sulfide) groups is 1. The lowest BCUT2D eigenvalue weighted by molar-refractivity contribution is -0.131. The Morgan fingerprint density at radius 2 is 2.10 bits per heavy atom. The third-order valence-electron chi connectivity index (χ3n) is 3.19. The fraction of sp³-hybridized carbons (Fsp3) is 0.909. The molecule has 0 radical (unpaired) electrons. The maximum absolute atomic E-state index is 11.9. The van der Waals surface area contributed by atoms with Crippen LogP contribution >= 0.6 is 24.2 Å². The van der Waals surface area contributed by atoms with Crippen LogP contribution in [-0.4, -0.2) is 67.6 Å². The number of halogens is 1. The summed E-state index contributed by atoms with van der Waals surface area (Å²) in [6.45, 7) is 1.26. The van der Waals surface area contributed by atoms with Crippen LogP contribution in [-0.2, 0) is 14.8 Å². The van der Waals surface area contributed by atoms with E-state index in [9.17, 15) is 13.2 Å². The third kappa shape index (κ3) is 6.62. The summed E-state index contributed by atoms with van der Waals surface area (Å²) in [6.07, 6.45) is 3.28. The third-order valence-corrected chi connectivity index (χ3v) is 5.47. The second kappa shape index (κ2) is 9.09. The lowest BCUT2D eigenvalue weighted by Crippen LogP contribution is -2.42. The molecule has 1 heterocycles. The molecule has 1 aliphatic rings. The first-order valence-electron chi connectivity index (χ1n) is 6.36. The standard InChI is InChI=1S/C11H23N3O3S2.ClH/c1-13(19(2,16)17)6-4-3-5-10(12)11(15)14-7-8-18-9-14;/h10H,3-9,12H2,1-2H3;1H/t10-;/m0./s1. The van der Waals surface area contributed by atoms with Crippen LogP contribution in [0.15, 0.2) is 0 Å². The number of carbonyl (C=O) groups is 1. The fourth-order valence-electron chi connectivity index (χ4n) is 1.81. The number of nitrogens with two attached hydrogens (primary N) is 1. The highest BCUT2D eigenvalue weighted by Crippen LogP contribution is 2.15. The van der Waals surface area contributed by atoms with Crippen molar-refractivity contribution >= 4 is 40.1 Å². The molecule has 1 amide bonds. The van der Waals surface area contributed by atoms with Crippen molar-refractivity contribution in [2.75, 3.05) is 38.0 Å². The first-order chi connectivity index (χ1) is 8.82. The van der Waals surface area contributed by atoms with E-state index >= 15 is 0 Å². The largest absolute Gasteiger partial charge is 0.331 e. The monoisotopic (exact) mass is 345 g/mol. The molecule has 0 aromatic rings. The summed E-state index contributed by atoms with van der Waals surface area (Å²) >= 11 is 1.74. The highest BCUT2D eigenvalue weighted by atomic mass is 35.5. The molecule has 1 fully saturated rings. The van der Waals surface area contributed by atoms with Crippen LogP contribution in [0.4, 0.5) is 0 Å². The van der Waals surface area contributed by atoms with Crippen LogP contribution in [0.2, 0.25) is 0 Å². The van der Waals surface area contributed by atoms with Gasteiger partial charge in [-0.2, -0.15) is 0 Å². The minimum Gasteiger partial charge on any atom is -0.331 e. The van der Waals surface area contributed by atoms with E-state index in [1.165, 1.54) is 10.6 Å². The highest BCUT2D eigenvalue weighted by molar-refractivity contribution is 7.99. The van der Waals surface area contributed by atoms with Gasteiger partial charge in [0.05, 0.1) is 18.2 Å². The van der Waals surface area contributed by atoms with Crippen molar-refractivity contribution in [3.8, 4) is 0 Å². The molecule has 0 aromatic heterocycles. The molecule has 0 aliphatic carbocycles. The van der Waals surface area contributed by atoms with Crippen molar-refractivity contribution in [3.63, 3.8) is 0 Å². The molecule has 1 atom stereocenters. The number of amides is 1. The summed E-state index contributed by atoms with van der Waals surface area (Å²) in [7, 11) is -1.55. The van der Waals surface area contributed by atoms with Gasteiger partial charge in [0.25, 0.3) is 0 Å². The molecule has 2 N–H and O–H groups in total. The SMILES string of the molecule is CN(CCCC[C@H](N)C(=O)N1CCSC1)S(C)(=O)=O.Cl. The molecule has 0 unspecified atom stereocenters. The molecule has 9 heteroatoms. The molecular weight excluding hydrogens is 322 g/mol. The van der Waals surface area contributed by atoms with Gasteiger partial charge in [-0.1, -0.05) is 6.42 Å². The molecule has 0 saturated carbocycles. The van der Waals surface area contributed by atoms with Crippen molar-refractivity contribution < 1.29 is 13.2 Å². The Balaban J connectivity index is 0.00000361. The molecule has 0 aromatic carbocycles. The highest BCUT2D eigenvalue weighted by Gasteiger charge is 2.23. The average Bonchev–Trinajstić information content (AvgIpc) is 2.85. The van der Waals surface area contributed by atoms with E-state index in [1.807, 2.05) is 0 Å². The van der Waals surface area contributed by atoms with Crippen molar-refractivity contribution in [1.29, 1.82) is 0 Å². The van der Waals surface area contributed by atoms with Crippen LogP contribution < -0.4 is 5.73 Å². The lowest BCUT2D eigenvalue weighted by Gasteiger charge is -2.20. The fourth-order valence-corrected chi connectivity index (χ4v) is 3.23. The number of carbonyl (C=O) groups excluding carboxylic acids is 1. The van der Waals surface area contributed by atoms with Gasteiger partial charge >= 0.3 is 0 Å². The summed E-state index contributed by atoms with van der Waals surface area (Å²) in [5.41, 5.74) is 5.87. The van der Waals surface area contributed by atoms with E-state index in [2.05, 4.69) is 0 Å². The molecule has 6 nitrogen and oxygen atoms in total. The maximum Gasteiger partial charge on any atom is 0.240 e. The Labute approximate surface area is 131 Å². The minimum atomic E-state index is -3.11. The smallest absolute Gasteiger partial charge is 0.240 e. The van der Waals surface area contributed by atoms with Gasteiger partial charge in [0.2, 0.25) is 15.9 Å². The van der Waals surface area contributed by atoms with Crippen molar-refractivity contribution in [2.45, 2.75) is 25.3 Å². The number of hydrogen-bond acceptors (Lipinski definition) is 5. The van der Waals surface area contributed by atoms with Gasteiger partial charge in [-0.3, -0.25) is 4.79 Å². The topological polar surface area (TPSA) is 83.7 Å². The second-order valence-electron chi connectivity index (χ2n) is 4.83. The Bertz CT molecular complexity index is 400. The molecule has 120 valence electrons. The summed E-state index contributed by atoms with van der Waals surface area (Å²) in [5, 5.41) is 0.